The lowest BCUT2D eigenvalue weighted by atomic mass is 10.0. The Hall–Kier alpha value is -2.87. The van der Waals surface area contributed by atoms with E-state index in [9.17, 15) is 32.0 Å². The molecule has 0 saturated carbocycles. The lowest BCUT2D eigenvalue weighted by Crippen LogP contribution is -2.52. The number of piperidine rings is 1. The summed E-state index contributed by atoms with van der Waals surface area (Å²) in [7, 11) is -2.20. The van der Waals surface area contributed by atoms with Gasteiger partial charge in [0.05, 0.1) is 34.3 Å². The number of nitrogens with zero attached hydrogens (tertiary/aromatic N) is 6. The molecule has 0 bridgehead atoms. The predicted octanol–water partition coefficient (Wildman–Crippen LogP) is 2.86. The van der Waals surface area contributed by atoms with Crippen LogP contribution in [0.2, 0.25) is 0 Å². The Morgan fingerprint density at radius 1 is 1.31 bits per heavy atom. The molecule has 212 valence electrons. The molecule has 0 spiro atoms. The third-order valence-electron chi connectivity index (χ3n) is 6.29. The number of aromatic nitrogens is 2. The van der Waals surface area contributed by atoms with Gasteiger partial charge in [-0.3, -0.25) is 5.01 Å². The van der Waals surface area contributed by atoms with Crippen LogP contribution in [-0.2, 0) is 22.6 Å². The van der Waals surface area contributed by atoms with E-state index in [1.165, 1.54) is 31.1 Å². The second-order valence-corrected chi connectivity index (χ2v) is 13.4. The number of aliphatic hydroxyl groups is 1. The SMILES string of the molecule is CN1CC(S(=O)(=O)N2CC[C@@H](Nc3ncc(C(F)(F)F)c(-c4cc(C#N)c(CC(C)(C)O)s4)n3)[C@H](F)C2)C=N1. The highest BCUT2D eigenvalue weighted by molar-refractivity contribution is 7.90. The average Bonchev–Trinajstić information content (AvgIpc) is 3.44. The van der Waals surface area contributed by atoms with E-state index in [-0.39, 0.29) is 42.3 Å². The second kappa shape index (κ2) is 10.6. The molecule has 16 heteroatoms. The molecular weight excluding hydrogens is 562 g/mol. The topological polar surface area (TPSA) is 135 Å². The van der Waals surface area contributed by atoms with Crippen LogP contribution in [0.3, 0.4) is 0 Å². The fraction of sp³-hybridized carbons (Fsp3) is 0.565. The van der Waals surface area contributed by atoms with Crippen molar-refractivity contribution in [2.24, 2.45) is 5.10 Å². The molecular formula is C23H27F4N7O3S2. The molecule has 2 aliphatic heterocycles. The predicted molar refractivity (Wildman–Crippen MR) is 137 cm³/mol. The van der Waals surface area contributed by atoms with Gasteiger partial charge in [-0.25, -0.2) is 22.8 Å². The lowest BCUT2D eigenvalue weighted by molar-refractivity contribution is -0.137. The molecule has 2 aromatic heterocycles. The minimum absolute atomic E-state index is 0.00126. The number of thiophene rings is 1. The van der Waals surface area contributed by atoms with Gasteiger partial charge in [0, 0.05) is 43.8 Å². The highest BCUT2D eigenvalue weighted by atomic mass is 32.2. The van der Waals surface area contributed by atoms with E-state index < -0.39 is 57.1 Å². The summed E-state index contributed by atoms with van der Waals surface area (Å²) in [5, 5.41) is 26.9. The highest BCUT2D eigenvalue weighted by Gasteiger charge is 2.41. The zero-order valence-electron chi connectivity index (χ0n) is 21.3. The van der Waals surface area contributed by atoms with E-state index in [0.717, 1.165) is 15.6 Å². The van der Waals surface area contributed by atoms with E-state index in [1.54, 1.807) is 7.05 Å². The number of nitrogens with one attached hydrogen (secondary N) is 1. The smallest absolute Gasteiger partial charge is 0.390 e. The Kier molecular flexibility index (Phi) is 7.92. The number of rotatable bonds is 7. The average molecular weight is 590 g/mol. The first kappa shape index (κ1) is 29.1. The number of sulfonamides is 1. The molecule has 2 N–H and O–H groups in total. The third kappa shape index (κ3) is 6.48. The van der Waals surface area contributed by atoms with E-state index in [4.69, 9.17) is 0 Å². The fourth-order valence-corrected chi connectivity index (χ4v) is 7.39. The largest absolute Gasteiger partial charge is 0.420 e. The van der Waals surface area contributed by atoms with Crippen molar-refractivity contribution in [3.05, 3.63) is 28.3 Å². The first-order valence-electron chi connectivity index (χ1n) is 11.9. The first-order valence-corrected chi connectivity index (χ1v) is 14.2. The summed E-state index contributed by atoms with van der Waals surface area (Å²) in [4.78, 5) is 8.23. The highest BCUT2D eigenvalue weighted by Crippen LogP contribution is 2.40. The maximum atomic E-state index is 15.1. The monoisotopic (exact) mass is 589 g/mol. The Bertz CT molecular complexity index is 1400. The van der Waals surface area contributed by atoms with E-state index in [0.29, 0.717) is 11.1 Å². The van der Waals surface area contributed by atoms with Gasteiger partial charge in [-0.05, 0) is 26.3 Å². The number of alkyl halides is 4. The minimum atomic E-state index is -4.80. The Balaban J connectivity index is 1.57. The molecule has 2 aliphatic rings. The van der Waals surface area contributed by atoms with Crippen LogP contribution in [-0.4, -0.2) is 88.8 Å². The summed E-state index contributed by atoms with van der Waals surface area (Å²) in [6, 6.07) is 2.27. The maximum Gasteiger partial charge on any atom is 0.420 e. The summed E-state index contributed by atoms with van der Waals surface area (Å²) in [6.07, 6.45) is -4.50. The standard InChI is InChI=1S/C23H27F4N7O3S2/c1-22(2,35)7-19-13(8-28)6-18(38-19)20-15(23(25,26)27)10-29-21(32-20)31-17-4-5-34(12-16(17)24)39(36,37)14-9-30-33(3)11-14/h6,9-10,14,16-17,35H,4-5,7,11-12H2,1-3H3,(H,29,31,32)/t14?,16-,17-/m1/s1. The van der Waals surface area contributed by atoms with Crippen LogP contribution in [0, 0.1) is 11.3 Å². The van der Waals surface area contributed by atoms with Crippen molar-refractivity contribution in [3.8, 4) is 16.6 Å². The molecule has 1 saturated heterocycles. The van der Waals surface area contributed by atoms with Gasteiger partial charge in [-0.1, -0.05) is 0 Å². The molecule has 1 unspecified atom stereocenters. The summed E-state index contributed by atoms with van der Waals surface area (Å²) < 4.78 is 83.4. The van der Waals surface area contributed by atoms with Crippen molar-refractivity contribution in [3.63, 3.8) is 0 Å². The quantitative estimate of drug-likeness (QED) is 0.471. The van der Waals surface area contributed by atoms with Gasteiger partial charge in [-0.15, -0.1) is 11.3 Å². The van der Waals surface area contributed by atoms with Gasteiger partial charge in [0.15, 0.2) is 0 Å². The lowest BCUT2D eigenvalue weighted by Gasteiger charge is -2.35. The Morgan fingerprint density at radius 2 is 2.03 bits per heavy atom. The van der Waals surface area contributed by atoms with Gasteiger partial charge < -0.3 is 10.4 Å². The van der Waals surface area contributed by atoms with Crippen molar-refractivity contribution in [2.45, 2.75) is 55.9 Å². The molecule has 0 radical (unpaired) electrons. The van der Waals surface area contributed by atoms with Crippen LogP contribution < -0.4 is 5.32 Å². The molecule has 0 aromatic carbocycles. The van der Waals surface area contributed by atoms with Gasteiger partial charge in [-0.2, -0.15) is 27.8 Å². The first-order chi connectivity index (χ1) is 18.1. The third-order valence-corrected chi connectivity index (χ3v) is 9.51. The minimum Gasteiger partial charge on any atom is -0.390 e. The molecule has 0 aliphatic carbocycles. The molecule has 10 nitrogen and oxygen atoms in total. The van der Waals surface area contributed by atoms with Gasteiger partial charge in [0.2, 0.25) is 16.0 Å². The molecule has 0 amide bonds. The summed E-state index contributed by atoms with van der Waals surface area (Å²) in [6.45, 7) is 2.76. The molecule has 1 fully saturated rings. The van der Waals surface area contributed by atoms with Crippen molar-refractivity contribution in [1.82, 2.24) is 19.3 Å². The fourth-order valence-electron chi connectivity index (χ4n) is 4.35. The maximum absolute atomic E-state index is 15.1. The molecule has 2 aromatic rings. The van der Waals surface area contributed by atoms with E-state index >= 15 is 4.39 Å². The summed E-state index contributed by atoms with van der Waals surface area (Å²) in [5.41, 5.74) is -2.69. The van der Waals surface area contributed by atoms with Crippen LogP contribution in [0.15, 0.2) is 17.4 Å². The van der Waals surface area contributed by atoms with Gasteiger partial charge in [0.25, 0.3) is 0 Å². The Labute approximate surface area is 227 Å². The summed E-state index contributed by atoms with van der Waals surface area (Å²) >= 11 is 0.903. The van der Waals surface area contributed by atoms with Crippen molar-refractivity contribution >= 4 is 33.5 Å². The summed E-state index contributed by atoms with van der Waals surface area (Å²) in [5.74, 6) is -0.262. The molecule has 39 heavy (non-hydrogen) atoms. The van der Waals surface area contributed by atoms with Crippen LogP contribution in [0.4, 0.5) is 23.5 Å². The Morgan fingerprint density at radius 3 is 2.59 bits per heavy atom. The van der Waals surface area contributed by atoms with E-state index in [1.807, 2.05) is 6.07 Å². The zero-order valence-corrected chi connectivity index (χ0v) is 22.9. The number of hydrazone groups is 1. The van der Waals surface area contributed by atoms with E-state index in [2.05, 4.69) is 20.4 Å². The zero-order chi connectivity index (χ0) is 28.8. The number of hydrogen-bond donors (Lipinski definition) is 2. The molecule has 3 atom stereocenters. The van der Waals surface area contributed by atoms with Crippen LogP contribution in [0.25, 0.3) is 10.6 Å². The molecule has 4 heterocycles. The van der Waals surface area contributed by atoms with Crippen molar-refractivity contribution in [2.75, 3.05) is 32.0 Å². The molecule has 4 rings (SSSR count). The normalized spacial score (nSPS) is 22.7. The second-order valence-electron chi connectivity index (χ2n) is 10.1. The van der Waals surface area contributed by atoms with Gasteiger partial charge in [0.1, 0.15) is 23.1 Å². The number of anilines is 1. The van der Waals surface area contributed by atoms with Crippen LogP contribution in [0.1, 0.15) is 36.3 Å². The van der Waals surface area contributed by atoms with Crippen molar-refractivity contribution < 1.29 is 31.1 Å². The number of nitriles is 1. The van der Waals surface area contributed by atoms with Gasteiger partial charge >= 0.3 is 6.18 Å². The van der Waals surface area contributed by atoms with Crippen LogP contribution >= 0.6 is 11.3 Å². The number of hydrogen-bond acceptors (Lipinski definition) is 10. The van der Waals surface area contributed by atoms with Crippen LogP contribution in [0.5, 0.6) is 0 Å². The number of halogens is 4. The van der Waals surface area contributed by atoms with Crippen molar-refractivity contribution in [1.29, 1.82) is 5.26 Å².